The van der Waals surface area contributed by atoms with Crippen molar-refractivity contribution in [3.8, 4) is 11.5 Å². The molecule has 0 aliphatic heterocycles. The van der Waals surface area contributed by atoms with E-state index in [0.717, 1.165) is 0 Å². The number of aliphatic hydroxyl groups excluding tert-OH is 2. The van der Waals surface area contributed by atoms with E-state index in [9.17, 15) is 25.4 Å². The molecule has 2 unspecified atom stereocenters. The molecule has 0 saturated heterocycles. The quantitative estimate of drug-likeness (QED) is 0.399. The molecule has 0 heterocycles. The summed E-state index contributed by atoms with van der Waals surface area (Å²) >= 11 is 0. The van der Waals surface area contributed by atoms with E-state index in [1.807, 2.05) is 0 Å². The maximum absolute atomic E-state index is 10.7. The molecule has 0 aliphatic rings. The van der Waals surface area contributed by atoms with E-state index in [4.69, 9.17) is 4.74 Å². The molecule has 0 aliphatic carbocycles. The minimum Gasteiger partial charge on any atom is -0.504 e. The van der Waals surface area contributed by atoms with Gasteiger partial charge in [0.1, 0.15) is 12.1 Å². The Balaban J connectivity index is 2.20. The van der Waals surface area contributed by atoms with Crippen molar-refractivity contribution in [3.05, 3.63) is 63.7 Å². The van der Waals surface area contributed by atoms with Crippen LogP contribution in [0.5, 0.6) is 11.5 Å². The Morgan fingerprint density at radius 1 is 1.28 bits per heavy atom. The number of nitrogens with zero attached hydrogens (tertiary/aromatic N) is 2. The van der Waals surface area contributed by atoms with Gasteiger partial charge in [-0.25, -0.2) is 0 Å². The second-order valence-corrected chi connectivity index (χ2v) is 5.22. The predicted octanol–water partition coefficient (Wildman–Crippen LogP) is 1.82. The number of hydrogen-bond acceptors (Lipinski definition) is 7. The summed E-state index contributed by atoms with van der Waals surface area (Å²) < 4.78 is 5.00. The maximum Gasteiger partial charge on any atom is 0.269 e. The van der Waals surface area contributed by atoms with Crippen LogP contribution in [0.2, 0.25) is 0 Å². The molecule has 2 atom stereocenters. The summed E-state index contributed by atoms with van der Waals surface area (Å²) in [5.74, 6) is 0.177. The Hall–Kier alpha value is -2.97. The molecular weight excluding hydrogens is 328 g/mol. The first-order chi connectivity index (χ1) is 12.0. The second kappa shape index (κ2) is 8.22. The summed E-state index contributed by atoms with van der Waals surface area (Å²) in [5.41, 5.74) is 0.659. The number of aromatic hydroxyl groups is 1. The first-order valence-corrected chi connectivity index (χ1v) is 7.40. The van der Waals surface area contributed by atoms with E-state index in [-0.39, 0.29) is 17.2 Å². The van der Waals surface area contributed by atoms with Crippen molar-refractivity contribution in [1.82, 2.24) is 0 Å². The van der Waals surface area contributed by atoms with Crippen molar-refractivity contribution >= 4 is 11.9 Å². The van der Waals surface area contributed by atoms with Crippen molar-refractivity contribution in [1.29, 1.82) is 0 Å². The monoisotopic (exact) mass is 346 g/mol. The number of nitro groups is 1. The molecule has 2 rings (SSSR count). The summed E-state index contributed by atoms with van der Waals surface area (Å²) in [6.45, 7) is -0.445. The van der Waals surface area contributed by atoms with Gasteiger partial charge in [0.05, 0.1) is 18.6 Å². The van der Waals surface area contributed by atoms with Crippen LogP contribution in [0.3, 0.4) is 0 Å². The van der Waals surface area contributed by atoms with Gasteiger partial charge in [0.25, 0.3) is 5.69 Å². The summed E-state index contributed by atoms with van der Waals surface area (Å²) in [7, 11) is 1.42. The summed E-state index contributed by atoms with van der Waals surface area (Å²) in [6.07, 6.45) is 0.169. The van der Waals surface area contributed by atoms with E-state index < -0.39 is 23.7 Å². The molecule has 0 bridgehead atoms. The van der Waals surface area contributed by atoms with Crippen LogP contribution in [0, 0.1) is 10.1 Å². The Morgan fingerprint density at radius 3 is 2.52 bits per heavy atom. The highest BCUT2D eigenvalue weighted by atomic mass is 16.6. The highest BCUT2D eigenvalue weighted by Gasteiger charge is 2.20. The third-order valence-electron chi connectivity index (χ3n) is 3.65. The molecule has 2 aromatic carbocycles. The van der Waals surface area contributed by atoms with Gasteiger partial charge < -0.3 is 20.1 Å². The summed E-state index contributed by atoms with van der Waals surface area (Å²) in [6, 6.07) is 9.31. The normalized spacial score (nSPS) is 13.6. The van der Waals surface area contributed by atoms with Gasteiger partial charge in [-0.3, -0.25) is 15.1 Å². The lowest BCUT2D eigenvalue weighted by Gasteiger charge is -2.17. The van der Waals surface area contributed by atoms with Crippen molar-refractivity contribution < 1.29 is 25.0 Å². The lowest BCUT2D eigenvalue weighted by Crippen LogP contribution is -2.21. The van der Waals surface area contributed by atoms with Crippen LogP contribution >= 0.6 is 0 Å². The van der Waals surface area contributed by atoms with E-state index in [0.29, 0.717) is 11.1 Å². The molecular formula is C17H18N2O6. The number of ether oxygens (including phenoxy) is 1. The van der Waals surface area contributed by atoms with Crippen LogP contribution in [0.25, 0.3) is 0 Å². The average molecular weight is 346 g/mol. The topological polar surface area (TPSA) is 125 Å². The number of phenolic OH excluding ortho intramolecular Hbond substituents is 1. The number of hydrogen-bond donors (Lipinski definition) is 3. The van der Waals surface area contributed by atoms with Gasteiger partial charge in [0, 0.05) is 23.9 Å². The largest absolute Gasteiger partial charge is 0.504 e. The number of methoxy groups -OCH3 is 1. The fourth-order valence-corrected chi connectivity index (χ4v) is 2.23. The van der Waals surface area contributed by atoms with Crippen LogP contribution in [-0.2, 0) is 0 Å². The third kappa shape index (κ3) is 4.31. The molecule has 0 saturated carbocycles. The molecule has 3 N–H and O–H groups in total. The fraction of sp³-hybridized carbons (Fsp3) is 0.235. The van der Waals surface area contributed by atoms with E-state index in [2.05, 4.69) is 4.99 Å². The molecule has 2 aromatic rings. The van der Waals surface area contributed by atoms with E-state index in [1.165, 1.54) is 37.6 Å². The zero-order chi connectivity index (χ0) is 18.4. The molecule has 132 valence electrons. The fourth-order valence-electron chi connectivity index (χ4n) is 2.23. The smallest absolute Gasteiger partial charge is 0.269 e. The second-order valence-electron chi connectivity index (χ2n) is 5.22. The lowest BCUT2D eigenvalue weighted by atomic mass is 10.0. The molecule has 0 fully saturated rings. The molecule has 8 heteroatoms. The van der Waals surface area contributed by atoms with Gasteiger partial charge in [0.15, 0.2) is 11.5 Å². The van der Waals surface area contributed by atoms with Crippen molar-refractivity contribution in [2.45, 2.75) is 12.1 Å². The van der Waals surface area contributed by atoms with E-state index in [1.54, 1.807) is 18.2 Å². The van der Waals surface area contributed by atoms with Crippen LogP contribution in [0.1, 0.15) is 17.2 Å². The predicted molar refractivity (Wildman–Crippen MR) is 91.2 cm³/mol. The molecule has 0 radical (unpaired) electrons. The van der Waals surface area contributed by atoms with Crippen LogP contribution in [-0.4, -0.2) is 46.2 Å². The van der Waals surface area contributed by atoms with Crippen molar-refractivity contribution in [2.24, 2.45) is 4.99 Å². The minimum absolute atomic E-state index is 0.0960. The lowest BCUT2D eigenvalue weighted by molar-refractivity contribution is -0.384. The first kappa shape index (κ1) is 18.4. The van der Waals surface area contributed by atoms with Crippen molar-refractivity contribution in [3.63, 3.8) is 0 Å². The standard InChI is InChI=1S/C17H18N2O6/c1-25-15-4-2-3-12(17(15)22)9-18-14(10-20)16(21)11-5-7-13(8-6-11)19(23)24/h2-9,14,16,20-22H,10H2,1H3. The SMILES string of the molecule is COc1cccc(C=NC(CO)C(O)c2ccc([N+](=O)[O-])cc2)c1O. The minimum atomic E-state index is -1.16. The Bertz CT molecular complexity index is 760. The molecule has 0 spiro atoms. The van der Waals surface area contributed by atoms with E-state index >= 15 is 0 Å². The zero-order valence-corrected chi connectivity index (χ0v) is 13.4. The number of non-ortho nitro benzene ring substituents is 1. The van der Waals surface area contributed by atoms with Gasteiger partial charge >= 0.3 is 0 Å². The number of para-hydroxylation sites is 1. The Labute approximate surface area is 143 Å². The number of rotatable bonds is 7. The average Bonchev–Trinajstić information content (AvgIpc) is 2.63. The van der Waals surface area contributed by atoms with Crippen LogP contribution in [0.15, 0.2) is 47.5 Å². The van der Waals surface area contributed by atoms with Crippen molar-refractivity contribution in [2.75, 3.05) is 13.7 Å². The number of phenols is 1. The Morgan fingerprint density at radius 2 is 1.96 bits per heavy atom. The zero-order valence-electron chi connectivity index (χ0n) is 13.4. The molecule has 25 heavy (non-hydrogen) atoms. The highest BCUT2D eigenvalue weighted by molar-refractivity contribution is 5.84. The highest BCUT2D eigenvalue weighted by Crippen LogP contribution is 2.28. The Kier molecular flexibility index (Phi) is 6.04. The number of aliphatic hydroxyl groups is 2. The third-order valence-corrected chi connectivity index (χ3v) is 3.65. The van der Waals surface area contributed by atoms with Gasteiger partial charge in [-0.2, -0.15) is 0 Å². The molecule has 0 aromatic heterocycles. The summed E-state index contributed by atoms with van der Waals surface area (Å²) in [4.78, 5) is 14.2. The van der Waals surface area contributed by atoms with Crippen LogP contribution < -0.4 is 4.74 Å². The van der Waals surface area contributed by atoms with Gasteiger partial charge in [0.2, 0.25) is 0 Å². The van der Waals surface area contributed by atoms with Gasteiger partial charge in [-0.15, -0.1) is 0 Å². The molecule has 0 amide bonds. The van der Waals surface area contributed by atoms with Gasteiger partial charge in [-0.05, 0) is 29.8 Å². The number of benzene rings is 2. The maximum atomic E-state index is 10.7. The number of nitro benzene ring substituents is 1. The summed E-state index contributed by atoms with van der Waals surface area (Å²) in [5, 5.41) is 40.5. The van der Waals surface area contributed by atoms with Crippen LogP contribution in [0.4, 0.5) is 5.69 Å². The van der Waals surface area contributed by atoms with Gasteiger partial charge in [-0.1, -0.05) is 6.07 Å². The number of aliphatic imine (C=N–C) groups is 1. The molecule has 8 nitrogen and oxygen atoms in total. The first-order valence-electron chi connectivity index (χ1n) is 7.40.